The van der Waals surface area contributed by atoms with Crippen molar-refractivity contribution < 1.29 is 9.59 Å². The number of nitrogens with zero attached hydrogens (tertiary/aromatic N) is 2. The summed E-state index contributed by atoms with van der Waals surface area (Å²) in [4.78, 5) is 22.9. The second-order valence-electron chi connectivity index (χ2n) is 5.19. The number of anilines is 1. The zero-order valence-electron chi connectivity index (χ0n) is 11.0. The van der Waals surface area contributed by atoms with Crippen molar-refractivity contribution in [3.63, 3.8) is 0 Å². The topological polar surface area (TPSA) is 116 Å². The number of carbonyl (C=O) groups excluding carboxylic acids is 2. The lowest BCUT2D eigenvalue weighted by Gasteiger charge is -2.23. The van der Waals surface area contributed by atoms with Gasteiger partial charge in [-0.1, -0.05) is 0 Å². The molecule has 5 N–H and O–H groups in total. The highest BCUT2D eigenvalue weighted by molar-refractivity contribution is 5.95. The number of carbonyl (C=O) groups is 2. The predicted octanol–water partition coefficient (Wildman–Crippen LogP) is 0.0399. The molecule has 0 saturated heterocycles. The summed E-state index contributed by atoms with van der Waals surface area (Å²) in [6.45, 7) is 7.30. The molecule has 0 radical (unpaired) electrons. The van der Waals surface area contributed by atoms with E-state index in [2.05, 4.69) is 10.4 Å². The van der Waals surface area contributed by atoms with Gasteiger partial charge in [-0.25, -0.2) is 0 Å². The minimum atomic E-state index is -0.713. The fourth-order valence-electron chi connectivity index (χ4n) is 1.39. The van der Waals surface area contributed by atoms with Crippen LogP contribution < -0.4 is 16.8 Å². The average molecular weight is 253 g/mol. The van der Waals surface area contributed by atoms with Gasteiger partial charge in [-0.3, -0.25) is 14.3 Å². The second-order valence-corrected chi connectivity index (χ2v) is 5.19. The summed E-state index contributed by atoms with van der Waals surface area (Å²) in [7, 11) is 0. The van der Waals surface area contributed by atoms with Crippen molar-refractivity contribution in [1.29, 1.82) is 0 Å². The Kier molecular flexibility index (Phi) is 3.64. The number of primary amides is 1. The van der Waals surface area contributed by atoms with E-state index in [0.717, 1.165) is 0 Å². The van der Waals surface area contributed by atoms with E-state index in [0.29, 0.717) is 0 Å². The molecule has 1 rings (SSSR count). The molecule has 0 aliphatic rings. The normalized spacial score (nSPS) is 13.1. The molecule has 1 atom stereocenters. The summed E-state index contributed by atoms with van der Waals surface area (Å²) < 4.78 is 1.33. The van der Waals surface area contributed by atoms with Gasteiger partial charge in [-0.05, 0) is 27.7 Å². The van der Waals surface area contributed by atoms with Crippen molar-refractivity contribution in [3.05, 3.63) is 11.9 Å². The summed E-state index contributed by atoms with van der Waals surface area (Å²) in [5, 5.41) is 6.74. The monoisotopic (exact) mass is 253 g/mol. The minimum Gasteiger partial charge on any atom is -0.396 e. The van der Waals surface area contributed by atoms with Gasteiger partial charge in [0.1, 0.15) is 6.04 Å². The molecule has 1 heterocycles. The van der Waals surface area contributed by atoms with Crippen LogP contribution in [0.5, 0.6) is 0 Å². The van der Waals surface area contributed by atoms with Gasteiger partial charge in [0.25, 0.3) is 5.91 Å². The summed E-state index contributed by atoms with van der Waals surface area (Å²) in [6, 6.07) is -0.570. The summed E-state index contributed by atoms with van der Waals surface area (Å²) >= 11 is 0. The first-order valence-electron chi connectivity index (χ1n) is 5.58. The zero-order chi connectivity index (χ0) is 14.1. The van der Waals surface area contributed by atoms with E-state index in [-0.39, 0.29) is 22.8 Å². The molecule has 2 amide bonds. The lowest BCUT2D eigenvalue weighted by Crippen LogP contribution is -2.43. The van der Waals surface area contributed by atoms with E-state index in [1.165, 1.54) is 10.9 Å². The first kappa shape index (κ1) is 14.0. The molecule has 0 bridgehead atoms. The zero-order valence-corrected chi connectivity index (χ0v) is 11.0. The SMILES string of the molecule is CC(C(=O)NC(C)(C)C)n1cc(N)c(C(N)=O)n1. The molecule has 0 saturated carbocycles. The maximum Gasteiger partial charge on any atom is 0.271 e. The fourth-order valence-corrected chi connectivity index (χ4v) is 1.39. The number of hydrogen-bond donors (Lipinski definition) is 3. The van der Waals surface area contributed by atoms with Crippen molar-refractivity contribution in [1.82, 2.24) is 15.1 Å². The van der Waals surface area contributed by atoms with Gasteiger partial charge in [0.05, 0.1) is 5.69 Å². The van der Waals surface area contributed by atoms with Crippen LogP contribution in [-0.4, -0.2) is 27.1 Å². The number of rotatable bonds is 3. The number of nitrogen functional groups attached to an aromatic ring is 1. The molecule has 100 valence electrons. The lowest BCUT2D eigenvalue weighted by molar-refractivity contribution is -0.125. The van der Waals surface area contributed by atoms with E-state index >= 15 is 0 Å². The lowest BCUT2D eigenvalue weighted by atomic mass is 10.1. The third-order valence-corrected chi connectivity index (χ3v) is 2.27. The maximum absolute atomic E-state index is 11.9. The molecule has 7 heteroatoms. The Morgan fingerprint density at radius 3 is 2.39 bits per heavy atom. The van der Waals surface area contributed by atoms with E-state index in [9.17, 15) is 9.59 Å². The molecule has 0 fully saturated rings. The molecule has 7 nitrogen and oxygen atoms in total. The molecule has 18 heavy (non-hydrogen) atoms. The second kappa shape index (κ2) is 4.67. The Hall–Kier alpha value is -2.05. The highest BCUT2D eigenvalue weighted by Crippen LogP contribution is 2.14. The van der Waals surface area contributed by atoms with Crippen LogP contribution in [-0.2, 0) is 4.79 Å². The van der Waals surface area contributed by atoms with Crippen LogP contribution in [0.1, 0.15) is 44.2 Å². The Balaban J connectivity index is 2.91. The number of aromatic nitrogens is 2. The highest BCUT2D eigenvalue weighted by atomic mass is 16.2. The predicted molar refractivity (Wildman–Crippen MR) is 67.8 cm³/mol. The minimum absolute atomic E-state index is 0.0228. The molecule has 0 aromatic carbocycles. The Bertz CT molecular complexity index is 472. The molecule has 0 aliphatic carbocycles. The van der Waals surface area contributed by atoms with Gasteiger partial charge in [-0.2, -0.15) is 5.10 Å². The molecule has 1 aromatic rings. The average Bonchev–Trinajstić information content (AvgIpc) is 2.56. The fraction of sp³-hybridized carbons (Fsp3) is 0.545. The van der Waals surface area contributed by atoms with Crippen LogP contribution in [0, 0.1) is 0 Å². The molecule has 1 aromatic heterocycles. The van der Waals surface area contributed by atoms with Crippen LogP contribution in [0.25, 0.3) is 0 Å². The van der Waals surface area contributed by atoms with Crippen molar-refractivity contribution in [3.8, 4) is 0 Å². The van der Waals surface area contributed by atoms with Gasteiger partial charge in [-0.15, -0.1) is 0 Å². The van der Waals surface area contributed by atoms with Crippen molar-refractivity contribution >= 4 is 17.5 Å². The first-order chi connectivity index (χ1) is 8.11. The van der Waals surface area contributed by atoms with E-state index < -0.39 is 11.9 Å². The number of hydrogen-bond acceptors (Lipinski definition) is 4. The van der Waals surface area contributed by atoms with Gasteiger partial charge in [0, 0.05) is 11.7 Å². The Labute approximate surface area is 106 Å². The van der Waals surface area contributed by atoms with Gasteiger partial charge in [0.2, 0.25) is 5.91 Å². The van der Waals surface area contributed by atoms with Gasteiger partial charge in [0.15, 0.2) is 5.69 Å². The molecule has 0 spiro atoms. The van der Waals surface area contributed by atoms with Crippen LogP contribution in [0.15, 0.2) is 6.20 Å². The Morgan fingerprint density at radius 1 is 1.44 bits per heavy atom. The quantitative estimate of drug-likeness (QED) is 0.705. The number of nitrogens with one attached hydrogen (secondary N) is 1. The van der Waals surface area contributed by atoms with Crippen LogP contribution in [0.2, 0.25) is 0 Å². The van der Waals surface area contributed by atoms with Crippen LogP contribution in [0.4, 0.5) is 5.69 Å². The first-order valence-corrected chi connectivity index (χ1v) is 5.58. The number of amides is 2. The van der Waals surface area contributed by atoms with Crippen molar-refractivity contribution in [2.45, 2.75) is 39.3 Å². The molecule has 1 unspecified atom stereocenters. The van der Waals surface area contributed by atoms with Crippen LogP contribution >= 0.6 is 0 Å². The smallest absolute Gasteiger partial charge is 0.271 e. The van der Waals surface area contributed by atoms with Crippen molar-refractivity contribution in [2.75, 3.05) is 5.73 Å². The van der Waals surface area contributed by atoms with E-state index in [1.807, 2.05) is 20.8 Å². The van der Waals surface area contributed by atoms with Gasteiger partial charge >= 0.3 is 0 Å². The third-order valence-electron chi connectivity index (χ3n) is 2.27. The van der Waals surface area contributed by atoms with E-state index in [4.69, 9.17) is 11.5 Å². The van der Waals surface area contributed by atoms with Gasteiger partial charge < -0.3 is 16.8 Å². The summed E-state index contributed by atoms with van der Waals surface area (Å²) in [5.41, 5.74) is 10.5. The number of nitrogens with two attached hydrogens (primary N) is 2. The van der Waals surface area contributed by atoms with E-state index in [1.54, 1.807) is 6.92 Å². The summed E-state index contributed by atoms with van der Waals surface area (Å²) in [6.07, 6.45) is 1.42. The molecular weight excluding hydrogens is 234 g/mol. The molecule has 0 aliphatic heterocycles. The van der Waals surface area contributed by atoms with Crippen LogP contribution in [0.3, 0.4) is 0 Å². The largest absolute Gasteiger partial charge is 0.396 e. The standard InChI is InChI=1S/C11H19N5O2/c1-6(10(18)14-11(2,3)4)16-5-7(12)8(15-16)9(13)17/h5-6H,12H2,1-4H3,(H2,13,17)(H,14,18). The highest BCUT2D eigenvalue weighted by Gasteiger charge is 2.23. The third kappa shape index (κ3) is 3.22. The Morgan fingerprint density at radius 2 is 2.00 bits per heavy atom. The molecular formula is C11H19N5O2. The van der Waals surface area contributed by atoms with Crippen molar-refractivity contribution in [2.24, 2.45) is 5.73 Å². The summed E-state index contributed by atoms with van der Waals surface area (Å²) in [5.74, 6) is -0.921. The maximum atomic E-state index is 11.9.